The van der Waals surface area contributed by atoms with Crippen LogP contribution in [0, 0.1) is 6.92 Å². The van der Waals surface area contributed by atoms with Gasteiger partial charge in [0.25, 0.3) is 0 Å². The minimum absolute atomic E-state index is 1.26. The van der Waals surface area contributed by atoms with Gasteiger partial charge in [0.15, 0.2) is 0 Å². The number of hydrogen-bond acceptors (Lipinski definition) is 0. The molecule has 0 saturated heterocycles. The van der Waals surface area contributed by atoms with E-state index in [0.717, 1.165) is 0 Å². The summed E-state index contributed by atoms with van der Waals surface area (Å²) in [5.74, 6) is 0. The molecule has 0 aliphatic carbocycles. The van der Waals surface area contributed by atoms with E-state index in [1.807, 2.05) is 34.6 Å². The third kappa shape index (κ3) is 5.63. The highest BCUT2D eigenvalue weighted by molar-refractivity contribution is 5.46. The molecular weight excluding hydrogens is 170 g/mol. The summed E-state index contributed by atoms with van der Waals surface area (Å²) in [4.78, 5) is 0. The van der Waals surface area contributed by atoms with E-state index in [0.29, 0.717) is 0 Å². The van der Waals surface area contributed by atoms with Crippen LogP contribution in [0.1, 0.15) is 45.9 Å². The first-order chi connectivity index (χ1) is 6.74. The fourth-order valence-electron chi connectivity index (χ4n) is 1.09. The number of hydrogen-bond donors (Lipinski definition) is 0. The smallest absolute Gasteiger partial charge is 0.0403 e. The lowest BCUT2D eigenvalue weighted by molar-refractivity contribution is 0.912. The Balaban J connectivity index is 0. The minimum atomic E-state index is 1.26. The largest absolute Gasteiger partial charge is 0.351 e. The predicted octanol–water partition coefficient (Wildman–Crippen LogP) is 4.42. The van der Waals surface area contributed by atoms with Crippen LogP contribution >= 0.6 is 0 Å². The molecule has 82 valence electrons. The van der Waals surface area contributed by atoms with Gasteiger partial charge in [0, 0.05) is 18.9 Å². The molecule has 0 radical (unpaired) electrons. The number of nitrogens with zero attached hydrogens (tertiary/aromatic N) is 1. The van der Waals surface area contributed by atoms with E-state index in [4.69, 9.17) is 0 Å². The molecular formula is C13H25N. The first kappa shape index (κ1) is 15.5. The van der Waals surface area contributed by atoms with Crippen LogP contribution in [0.15, 0.2) is 18.3 Å². The van der Waals surface area contributed by atoms with Crippen molar-refractivity contribution in [3.8, 4) is 0 Å². The van der Waals surface area contributed by atoms with Gasteiger partial charge in [-0.25, -0.2) is 0 Å². The van der Waals surface area contributed by atoms with Crippen molar-refractivity contribution in [3.05, 3.63) is 29.6 Å². The molecule has 0 aliphatic rings. The zero-order valence-corrected chi connectivity index (χ0v) is 10.8. The van der Waals surface area contributed by atoms with Crippen LogP contribution in [0.25, 0.3) is 6.08 Å². The van der Waals surface area contributed by atoms with Gasteiger partial charge in [-0.05, 0) is 31.6 Å². The van der Waals surface area contributed by atoms with Crippen LogP contribution in [0.5, 0.6) is 0 Å². The van der Waals surface area contributed by atoms with Crippen molar-refractivity contribution in [1.82, 2.24) is 4.57 Å². The Morgan fingerprint density at radius 3 is 1.93 bits per heavy atom. The third-order valence-corrected chi connectivity index (χ3v) is 1.52. The summed E-state index contributed by atoms with van der Waals surface area (Å²) in [5, 5.41) is 0. The lowest BCUT2D eigenvalue weighted by atomic mass is 10.3. The fraction of sp³-hybridized carbons (Fsp3) is 0.538. The Morgan fingerprint density at radius 2 is 1.64 bits per heavy atom. The van der Waals surface area contributed by atoms with Crippen molar-refractivity contribution >= 4 is 6.08 Å². The normalized spacial score (nSPS) is 8.79. The summed E-state index contributed by atoms with van der Waals surface area (Å²) in [6.45, 7) is 12.1. The van der Waals surface area contributed by atoms with Crippen molar-refractivity contribution < 1.29 is 0 Å². The van der Waals surface area contributed by atoms with E-state index >= 15 is 0 Å². The predicted molar refractivity (Wildman–Crippen MR) is 67.6 cm³/mol. The number of aryl methyl sites for hydroxylation is 2. The van der Waals surface area contributed by atoms with Crippen molar-refractivity contribution in [3.63, 3.8) is 0 Å². The Morgan fingerprint density at radius 1 is 1.14 bits per heavy atom. The molecule has 1 heteroatoms. The first-order valence-corrected chi connectivity index (χ1v) is 5.49. The van der Waals surface area contributed by atoms with Crippen molar-refractivity contribution in [2.24, 2.45) is 7.05 Å². The molecule has 1 nitrogen and oxygen atoms in total. The molecule has 0 aliphatic heterocycles. The van der Waals surface area contributed by atoms with Gasteiger partial charge in [-0.1, -0.05) is 33.8 Å². The van der Waals surface area contributed by atoms with Crippen LogP contribution in [-0.2, 0) is 7.05 Å². The van der Waals surface area contributed by atoms with Gasteiger partial charge in [-0.3, -0.25) is 0 Å². The lowest BCUT2D eigenvalue weighted by Gasteiger charge is -1.92. The van der Waals surface area contributed by atoms with E-state index in [2.05, 4.69) is 43.0 Å². The molecule has 0 spiro atoms. The van der Waals surface area contributed by atoms with E-state index in [-0.39, 0.29) is 0 Å². The number of aromatic nitrogens is 1. The molecule has 0 bridgehead atoms. The molecule has 1 heterocycles. The Hall–Kier alpha value is -0.980. The Kier molecular flexibility index (Phi) is 11.2. The quantitative estimate of drug-likeness (QED) is 0.625. The van der Waals surface area contributed by atoms with E-state index in [9.17, 15) is 0 Å². The summed E-state index contributed by atoms with van der Waals surface area (Å²) in [6, 6.07) is 2.17. The van der Waals surface area contributed by atoms with Gasteiger partial charge in [-0.15, -0.1) is 0 Å². The third-order valence-electron chi connectivity index (χ3n) is 1.52. The molecule has 14 heavy (non-hydrogen) atoms. The minimum Gasteiger partial charge on any atom is -0.351 e. The second kappa shape index (κ2) is 10.1. The molecule has 0 unspecified atom stereocenters. The van der Waals surface area contributed by atoms with Crippen LogP contribution in [0.2, 0.25) is 0 Å². The zero-order valence-electron chi connectivity index (χ0n) is 10.8. The molecule has 0 atom stereocenters. The van der Waals surface area contributed by atoms with Gasteiger partial charge in [0.2, 0.25) is 0 Å². The van der Waals surface area contributed by atoms with Crippen LogP contribution < -0.4 is 0 Å². The molecule has 1 aromatic rings. The number of allylic oxidation sites excluding steroid dienone is 1. The van der Waals surface area contributed by atoms with Crippen molar-refractivity contribution in [2.75, 3.05) is 0 Å². The molecule has 0 amide bonds. The number of rotatable bonds is 1. The molecule has 1 rings (SSSR count). The van der Waals surface area contributed by atoms with Crippen LogP contribution in [-0.4, -0.2) is 4.57 Å². The van der Waals surface area contributed by atoms with E-state index < -0.39 is 0 Å². The van der Waals surface area contributed by atoms with Gasteiger partial charge in [0.1, 0.15) is 0 Å². The summed E-state index contributed by atoms with van der Waals surface area (Å²) < 4.78 is 2.12. The molecule has 0 N–H and O–H groups in total. The average molecular weight is 195 g/mol. The highest BCUT2D eigenvalue weighted by Crippen LogP contribution is 2.06. The maximum atomic E-state index is 2.17. The fourth-order valence-corrected chi connectivity index (χ4v) is 1.09. The van der Waals surface area contributed by atoms with Crippen LogP contribution in [0.4, 0.5) is 0 Å². The summed E-state index contributed by atoms with van der Waals surface area (Å²) in [6.07, 6.45) is 6.27. The highest BCUT2D eigenvalue weighted by atomic mass is 14.9. The first-order valence-electron chi connectivity index (χ1n) is 5.49. The van der Waals surface area contributed by atoms with Gasteiger partial charge in [-0.2, -0.15) is 0 Å². The maximum absolute atomic E-state index is 2.17. The molecule has 0 aromatic carbocycles. The second-order valence-corrected chi connectivity index (χ2v) is 2.55. The van der Waals surface area contributed by atoms with Gasteiger partial charge < -0.3 is 4.57 Å². The molecule has 1 aromatic heterocycles. The molecule has 0 fully saturated rings. The summed E-state index contributed by atoms with van der Waals surface area (Å²) in [7, 11) is 2.06. The van der Waals surface area contributed by atoms with E-state index in [1.165, 1.54) is 11.3 Å². The van der Waals surface area contributed by atoms with E-state index in [1.54, 1.807) is 0 Å². The standard InChI is InChI=1S/C9H13N.2C2H6/c1-4-5-9-6-8(2)7-10(9)3;2*1-2/h4-7H,1-3H3;2*1-2H3/b5-4-;;. The van der Waals surface area contributed by atoms with Gasteiger partial charge >= 0.3 is 0 Å². The Labute approximate surface area is 89.5 Å². The Bertz CT molecular complexity index is 244. The summed E-state index contributed by atoms with van der Waals surface area (Å²) >= 11 is 0. The maximum Gasteiger partial charge on any atom is 0.0403 e. The second-order valence-electron chi connectivity index (χ2n) is 2.55. The van der Waals surface area contributed by atoms with Gasteiger partial charge in [0.05, 0.1) is 0 Å². The SMILES string of the molecule is C/C=C\c1cc(C)cn1C.CC.CC. The van der Waals surface area contributed by atoms with Crippen LogP contribution in [0.3, 0.4) is 0 Å². The van der Waals surface area contributed by atoms with Crippen molar-refractivity contribution in [2.45, 2.75) is 41.5 Å². The average Bonchev–Trinajstić information content (AvgIpc) is 2.53. The zero-order chi connectivity index (χ0) is 11.6. The lowest BCUT2D eigenvalue weighted by Crippen LogP contribution is -1.85. The van der Waals surface area contributed by atoms with Crippen molar-refractivity contribution in [1.29, 1.82) is 0 Å². The topological polar surface area (TPSA) is 4.93 Å². The molecule has 0 saturated carbocycles. The monoisotopic (exact) mass is 195 g/mol. The highest BCUT2D eigenvalue weighted by Gasteiger charge is 1.92. The summed E-state index contributed by atoms with van der Waals surface area (Å²) in [5.41, 5.74) is 2.58.